The number of rotatable bonds is 6. The summed E-state index contributed by atoms with van der Waals surface area (Å²) in [6, 6.07) is 17.6. The van der Waals surface area contributed by atoms with Gasteiger partial charge in [0.15, 0.2) is 5.79 Å². The maximum Gasteiger partial charge on any atom is 0.168 e. The smallest absolute Gasteiger partial charge is 0.168 e. The van der Waals surface area contributed by atoms with Gasteiger partial charge in [-0.15, -0.1) is 0 Å². The van der Waals surface area contributed by atoms with E-state index in [1.165, 1.54) is 0 Å². The highest BCUT2D eigenvalue weighted by Gasteiger charge is 2.48. The first-order valence-electron chi connectivity index (χ1n) is 10.1. The highest BCUT2D eigenvalue weighted by molar-refractivity contribution is 5.33. The number of benzene rings is 2. The van der Waals surface area contributed by atoms with Crippen molar-refractivity contribution in [1.82, 2.24) is 4.90 Å². The summed E-state index contributed by atoms with van der Waals surface area (Å²) in [5.41, 5.74) is 0.974. The molecule has 1 N–H and O–H groups in total. The van der Waals surface area contributed by atoms with Crippen LogP contribution < -0.4 is 4.74 Å². The van der Waals surface area contributed by atoms with Crippen molar-refractivity contribution >= 4 is 0 Å². The molecule has 0 bridgehead atoms. The summed E-state index contributed by atoms with van der Waals surface area (Å²) in [5, 5.41) is 10.1. The minimum atomic E-state index is -0.415. The number of likely N-dealkylation sites (N-methyl/N-ethyl adjacent to an activating group) is 1. The van der Waals surface area contributed by atoms with Crippen LogP contribution in [-0.4, -0.2) is 49.2 Å². The lowest BCUT2D eigenvalue weighted by molar-refractivity contribution is -0.194. The fraction of sp³-hybridized carbons (Fsp3) is 0.478. The SMILES string of the molecule is CN(CCOc1ccccc1)C1(c2cccc(O)c2)CCC2(CC1)OCCO2. The molecule has 0 atom stereocenters. The summed E-state index contributed by atoms with van der Waals surface area (Å²) in [6.45, 7) is 2.76. The van der Waals surface area contributed by atoms with E-state index in [4.69, 9.17) is 14.2 Å². The lowest BCUT2D eigenvalue weighted by atomic mass is 9.73. The molecular formula is C23H29NO4. The Morgan fingerprint density at radius 1 is 0.964 bits per heavy atom. The molecular weight excluding hydrogens is 354 g/mol. The van der Waals surface area contributed by atoms with Crippen LogP contribution in [0.2, 0.25) is 0 Å². The lowest BCUT2D eigenvalue weighted by Gasteiger charge is -2.49. The van der Waals surface area contributed by atoms with Crippen molar-refractivity contribution in [2.45, 2.75) is 37.0 Å². The Morgan fingerprint density at radius 3 is 2.36 bits per heavy atom. The predicted octanol–water partition coefficient (Wildman–Crippen LogP) is 3.92. The number of ether oxygens (including phenoxy) is 3. The van der Waals surface area contributed by atoms with Crippen LogP contribution in [0.4, 0.5) is 0 Å². The number of aromatic hydroxyl groups is 1. The topological polar surface area (TPSA) is 51.2 Å². The molecule has 0 radical (unpaired) electrons. The monoisotopic (exact) mass is 383 g/mol. The molecule has 28 heavy (non-hydrogen) atoms. The summed E-state index contributed by atoms with van der Waals surface area (Å²) in [5.74, 6) is 0.777. The van der Waals surface area contributed by atoms with Gasteiger partial charge in [0.05, 0.1) is 13.2 Å². The molecule has 1 aliphatic heterocycles. The molecule has 1 aliphatic carbocycles. The van der Waals surface area contributed by atoms with Crippen LogP contribution in [0.15, 0.2) is 54.6 Å². The van der Waals surface area contributed by atoms with Crippen LogP contribution in [0.3, 0.4) is 0 Å². The quantitative estimate of drug-likeness (QED) is 0.819. The Morgan fingerprint density at radius 2 is 1.68 bits per heavy atom. The Labute approximate surface area is 166 Å². The fourth-order valence-electron chi connectivity index (χ4n) is 4.55. The van der Waals surface area contributed by atoms with Crippen molar-refractivity contribution in [2.75, 3.05) is 33.4 Å². The van der Waals surface area contributed by atoms with Gasteiger partial charge in [0.1, 0.15) is 18.1 Å². The zero-order valence-electron chi connectivity index (χ0n) is 16.5. The van der Waals surface area contributed by atoms with Crippen molar-refractivity contribution in [3.8, 4) is 11.5 Å². The van der Waals surface area contributed by atoms with E-state index in [1.54, 1.807) is 6.07 Å². The van der Waals surface area contributed by atoms with E-state index >= 15 is 0 Å². The van der Waals surface area contributed by atoms with E-state index in [-0.39, 0.29) is 5.54 Å². The molecule has 1 heterocycles. The Bertz CT molecular complexity index is 763. The number of phenolic OH excluding ortho intramolecular Hbond substituents is 1. The zero-order valence-corrected chi connectivity index (χ0v) is 16.5. The average molecular weight is 383 g/mol. The lowest BCUT2D eigenvalue weighted by Crippen LogP contribution is -2.51. The van der Waals surface area contributed by atoms with Crippen LogP contribution in [0.1, 0.15) is 31.2 Å². The van der Waals surface area contributed by atoms with Crippen LogP contribution in [0, 0.1) is 0 Å². The van der Waals surface area contributed by atoms with E-state index in [1.807, 2.05) is 42.5 Å². The van der Waals surface area contributed by atoms with Gasteiger partial charge in [0, 0.05) is 24.9 Å². The summed E-state index contributed by atoms with van der Waals surface area (Å²) in [6.07, 6.45) is 3.54. The van der Waals surface area contributed by atoms with Gasteiger partial charge in [-0.05, 0) is 49.7 Å². The molecule has 2 aromatic carbocycles. The minimum Gasteiger partial charge on any atom is -0.508 e. The Balaban J connectivity index is 1.50. The van der Waals surface area contributed by atoms with Gasteiger partial charge < -0.3 is 19.3 Å². The third kappa shape index (κ3) is 3.88. The Hall–Kier alpha value is -2.08. The maximum atomic E-state index is 10.1. The maximum absolute atomic E-state index is 10.1. The fourth-order valence-corrected chi connectivity index (χ4v) is 4.55. The van der Waals surface area contributed by atoms with Crippen LogP contribution in [-0.2, 0) is 15.0 Å². The molecule has 1 saturated heterocycles. The van der Waals surface area contributed by atoms with Crippen LogP contribution in [0.5, 0.6) is 11.5 Å². The third-order valence-electron chi connectivity index (χ3n) is 6.21. The highest BCUT2D eigenvalue weighted by atomic mass is 16.7. The van der Waals surface area contributed by atoms with E-state index in [0.29, 0.717) is 25.6 Å². The molecule has 150 valence electrons. The largest absolute Gasteiger partial charge is 0.508 e. The Kier molecular flexibility index (Phi) is 5.58. The minimum absolute atomic E-state index is 0.167. The second-order valence-electron chi connectivity index (χ2n) is 7.77. The van der Waals surface area contributed by atoms with Crippen LogP contribution >= 0.6 is 0 Å². The van der Waals surface area contributed by atoms with Gasteiger partial charge >= 0.3 is 0 Å². The van der Waals surface area contributed by atoms with Crippen molar-refractivity contribution in [1.29, 1.82) is 0 Å². The van der Waals surface area contributed by atoms with Crippen molar-refractivity contribution in [2.24, 2.45) is 0 Å². The second kappa shape index (κ2) is 8.11. The summed E-state index contributed by atoms with van der Waals surface area (Å²) >= 11 is 0. The summed E-state index contributed by atoms with van der Waals surface area (Å²) in [4.78, 5) is 2.37. The second-order valence-corrected chi connectivity index (χ2v) is 7.77. The van der Waals surface area contributed by atoms with E-state index in [9.17, 15) is 5.11 Å². The number of hydrogen-bond acceptors (Lipinski definition) is 5. The van der Waals surface area contributed by atoms with Gasteiger partial charge in [-0.3, -0.25) is 4.90 Å². The van der Waals surface area contributed by atoms with Gasteiger partial charge in [-0.2, -0.15) is 0 Å². The third-order valence-corrected chi connectivity index (χ3v) is 6.21. The molecule has 5 heteroatoms. The van der Waals surface area contributed by atoms with E-state index in [2.05, 4.69) is 18.0 Å². The van der Waals surface area contributed by atoms with Crippen molar-refractivity contribution < 1.29 is 19.3 Å². The van der Waals surface area contributed by atoms with Gasteiger partial charge in [-0.25, -0.2) is 0 Å². The molecule has 2 aliphatic rings. The molecule has 0 aromatic heterocycles. The van der Waals surface area contributed by atoms with E-state index < -0.39 is 5.79 Å². The number of hydrogen-bond donors (Lipinski definition) is 1. The number of nitrogens with zero attached hydrogens (tertiary/aromatic N) is 1. The normalized spacial score (nSPS) is 20.5. The number of phenols is 1. The van der Waals surface area contributed by atoms with E-state index in [0.717, 1.165) is 43.5 Å². The first kappa shape index (κ1) is 19.2. The van der Waals surface area contributed by atoms with Gasteiger partial charge in [-0.1, -0.05) is 30.3 Å². The molecule has 0 unspecified atom stereocenters. The molecule has 0 amide bonds. The molecule has 2 fully saturated rings. The first-order chi connectivity index (χ1) is 13.6. The molecule has 5 nitrogen and oxygen atoms in total. The van der Waals surface area contributed by atoms with Crippen molar-refractivity contribution in [3.63, 3.8) is 0 Å². The van der Waals surface area contributed by atoms with Gasteiger partial charge in [0.25, 0.3) is 0 Å². The molecule has 2 aromatic rings. The molecule has 4 rings (SSSR count). The molecule has 1 spiro atoms. The number of para-hydroxylation sites is 1. The predicted molar refractivity (Wildman–Crippen MR) is 107 cm³/mol. The molecule has 1 saturated carbocycles. The van der Waals surface area contributed by atoms with Crippen molar-refractivity contribution in [3.05, 3.63) is 60.2 Å². The van der Waals surface area contributed by atoms with Crippen LogP contribution in [0.25, 0.3) is 0 Å². The highest BCUT2D eigenvalue weighted by Crippen LogP contribution is 2.48. The van der Waals surface area contributed by atoms with Gasteiger partial charge in [0.2, 0.25) is 0 Å². The standard InChI is InChI=1S/C23H29NO4/c1-24(14-15-26-21-8-3-2-4-9-21)22(19-6-5-7-20(25)18-19)10-12-23(13-11-22)27-16-17-28-23/h2-9,18,25H,10-17H2,1H3. The summed E-state index contributed by atoms with van der Waals surface area (Å²) < 4.78 is 17.8. The summed E-state index contributed by atoms with van der Waals surface area (Å²) in [7, 11) is 2.15. The average Bonchev–Trinajstić information content (AvgIpc) is 3.18. The zero-order chi connectivity index (χ0) is 19.5. The first-order valence-corrected chi connectivity index (χ1v) is 10.1.